The molecule has 1 heterocycles. The molecule has 0 fully saturated rings. The van der Waals surface area contributed by atoms with Crippen molar-refractivity contribution in [3.63, 3.8) is 0 Å². The van der Waals surface area contributed by atoms with Crippen LogP contribution in [0.25, 0.3) is 0 Å². The summed E-state index contributed by atoms with van der Waals surface area (Å²) in [6.45, 7) is 5.52. The minimum Gasteiger partial charge on any atom is -0.480 e. The van der Waals surface area contributed by atoms with Crippen LogP contribution in [0, 0.1) is 0 Å². The fourth-order valence-corrected chi connectivity index (χ4v) is 1.53. The summed E-state index contributed by atoms with van der Waals surface area (Å²) in [5.41, 5.74) is 0.403. The quantitative estimate of drug-likeness (QED) is 0.823. The molecule has 1 aromatic rings. The van der Waals surface area contributed by atoms with Gasteiger partial charge >= 0.3 is 5.97 Å². The Kier molecular flexibility index (Phi) is 4.31. The van der Waals surface area contributed by atoms with E-state index in [0.717, 1.165) is 0 Å². The summed E-state index contributed by atoms with van der Waals surface area (Å²) in [4.78, 5) is 22.7. The van der Waals surface area contributed by atoms with E-state index in [9.17, 15) is 9.59 Å². The molecule has 0 radical (unpaired) electrons. The van der Waals surface area contributed by atoms with Crippen molar-refractivity contribution in [2.75, 3.05) is 0 Å². The molecule has 94 valence electrons. The van der Waals surface area contributed by atoms with Gasteiger partial charge in [0, 0.05) is 5.92 Å². The lowest BCUT2D eigenvalue weighted by Gasteiger charge is -2.12. The zero-order valence-corrected chi connectivity index (χ0v) is 10.2. The third kappa shape index (κ3) is 3.09. The Morgan fingerprint density at radius 3 is 2.59 bits per heavy atom. The van der Waals surface area contributed by atoms with Gasteiger partial charge < -0.3 is 14.8 Å². The summed E-state index contributed by atoms with van der Waals surface area (Å²) in [6.07, 6.45) is 1.78. The number of carbonyl (C=O) groups excluding carboxylic acids is 1. The number of carboxylic acids is 1. The van der Waals surface area contributed by atoms with Gasteiger partial charge in [-0.3, -0.25) is 4.79 Å². The van der Waals surface area contributed by atoms with Crippen molar-refractivity contribution < 1.29 is 19.1 Å². The Morgan fingerprint density at radius 2 is 2.12 bits per heavy atom. The normalized spacial score (nSPS) is 12.5. The van der Waals surface area contributed by atoms with Gasteiger partial charge in [0.2, 0.25) is 0 Å². The van der Waals surface area contributed by atoms with Gasteiger partial charge in [0.15, 0.2) is 0 Å². The maximum atomic E-state index is 11.9. The van der Waals surface area contributed by atoms with Gasteiger partial charge in [-0.1, -0.05) is 20.8 Å². The van der Waals surface area contributed by atoms with Crippen LogP contribution < -0.4 is 5.32 Å². The van der Waals surface area contributed by atoms with E-state index in [4.69, 9.17) is 9.52 Å². The maximum absolute atomic E-state index is 11.9. The van der Waals surface area contributed by atoms with E-state index in [1.165, 1.54) is 6.26 Å². The molecule has 0 bridgehead atoms. The van der Waals surface area contributed by atoms with E-state index in [2.05, 4.69) is 5.32 Å². The predicted octanol–water partition coefficient (Wildman–Crippen LogP) is 2.00. The summed E-state index contributed by atoms with van der Waals surface area (Å²) < 4.78 is 5.21. The van der Waals surface area contributed by atoms with Crippen LogP contribution in [0.3, 0.4) is 0 Å². The van der Waals surface area contributed by atoms with Crippen LogP contribution in [0.2, 0.25) is 0 Å². The van der Waals surface area contributed by atoms with Crippen molar-refractivity contribution in [2.45, 2.75) is 39.2 Å². The van der Waals surface area contributed by atoms with Crippen LogP contribution in [-0.4, -0.2) is 23.0 Å². The summed E-state index contributed by atoms with van der Waals surface area (Å²) in [5.74, 6) is -0.787. The van der Waals surface area contributed by atoms with E-state index in [-0.39, 0.29) is 5.92 Å². The molecule has 0 aromatic carbocycles. The van der Waals surface area contributed by atoms with Crippen LogP contribution >= 0.6 is 0 Å². The predicted molar refractivity (Wildman–Crippen MR) is 62.0 cm³/mol. The molecule has 1 amide bonds. The Hall–Kier alpha value is -1.78. The molecule has 1 aromatic heterocycles. The molecule has 17 heavy (non-hydrogen) atoms. The van der Waals surface area contributed by atoms with Crippen molar-refractivity contribution in [3.8, 4) is 0 Å². The minimum absolute atomic E-state index is 0.0793. The largest absolute Gasteiger partial charge is 0.480 e. The molecule has 5 heteroatoms. The molecule has 1 unspecified atom stereocenters. The highest BCUT2D eigenvalue weighted by Crippen LogP contribution is 2.20. The first-order valence-corrected chi connectivity index (χ1v) is 5.58. The molecule has 1 rings (SSSR count). The number of hydrogen-bond acceptors (Lipinski definition) is 3. The zero-order chi connectivity index (χ0) is 13.0. The molecule has 1 atom stereocenters. The number of carboxylic acid groups (broad SMARTS) is 1. The fourth-order valence-electron chi connectivity index (χ4n) is 1.53. The lowest BCUT2D eigenvalue weighted by molar-refractivity contribution is -0.139. The number of hydrogen-bond donors (Lipinski definition) is 2. The highest BCUT2D eigenvalue weighted by atomic mass is 16.4. The topological polar surface area (TPSA) is 79.5 Å². The number of amides is 1. The average molecular weight is 239 g/mol. The zero-order valence-electron chi connectivity index (χ0n) is 10.2. The van der Waals surface area contributed by atoms with Gasteiger partial charge in [-0.05, 0) is 12.5 Å². The number of furan rings is 1. The Morgan fingerprint density at radius 1 is 1.47 bits per heavy atom. The summed E-state index contributed by atoms with van der Waals surface area (Å²) >= 11 is 0. The maximum Gasteiger partial charge on any atom is 0.326 e. The van der Waals surface area contributed by atoms with E-state index in [1.54, 1.807) is 13.0 Å². The third-order valence-corrected chi connectivity index (χ3v) is 2.48. The Balaban J connectivity index is 2.82. The van der Waals surface area contributed by atoms with Crippen molar-refractivity contribution in [1.82, 2.24) is 5.32 Å². The standard InChI is InChI=1S/C12H17NO4/c1-4-9(12(15)16)13-11(14)8-5-6-17-10(8)7(2)3/h5-7,9H,4H2,1-3H3,(H,13,14)(H,15,16). The van der Waals surface area contributed by atoms with Gasteiger partial charge in [-0.25, -0.2) is 4.79 Å². The molecule has 0 saturated carbocycles. The van der Waals surface area contributed by atoms with Crippen LogP contribution in [0.1, 0.15) is 49.2 Å². The molecular weight excluding hydrogens is 222 g/mol. The monoisotopic (exact) mass is 239 g/mol. The highest BCUT2D eigenvalue weighted by Gasteiger charge is 2.22. The summed E-state index contributed by atoms with van der Waals surface area (Å²) in [5, 5.41) is 11.3. The number of nitrogens with one attached hydrogen (secondary N) is 1. The smallest absolute Gasteiger partial charge is 0.326 e. The average Bonchev–Trinajstić information content (AvgIpc) is 2.73. The van der Waals surface area contributed by atoms with Crippen LogP contribution in [0.5, 0.6) is 0 Å². The lowest BCUT2D eigenvalue weighted by atomic mass is 10.1. The van der Waals surface area contributed by atoms with Crippen molar-refractivity contribution in [1.29, 1.82) is 0 Å². The van der Waals surface area contributed by atoms with Crippen LogP contribution in [0.4, 0.5) is 0 Å². The molecule has 0 spiro atoms. The number of aliphatic carboxylic acids is 1. The van der Waals surface area contributed by atoms with E-state index >= 15 is 0 Å². The van der Waals surface area contributed by atoms with E-state index < -0.39 is 17.9 Å². The second-order valence-corrected chi connectivity index (χ2v) is 4.13. The molecule has 5 nitrogen and oxygen atoms in total. The van der Waals surface area contributed by atoms with Gasteiger partial charge in [0.25, 0.3) is 5.91 Å². The first kappa shape index (κ1) is 13.3. The van der Waals surface area contributed by atoms with E-state index in [1.807, 2.05) is 13.8 Å². The van der Waals surface area contributed by atoms with Crippen molar-refractivity contribution >= 4 is 11.9 Å². The molecule has 0 saturated heterocycles. The molecule has 2 N–H and O–H groups in total. The molecular formula is C12H17NO4. The Bertz CT molecular complexity index is 408. The highest BCUT2D eigenvalue weighted by molar-refractivity contribution is 5.97. The van der Waals surface area contributed by atoms with Gasteiger partial charge in [-0.15, -0.1) is 0 Å². The Labute approximate surface area is 99.8 Å². The van der Waals surface area contributed by atoms with Crippen molar-refractivity contribution in [2.24, 2.45) is 0 Å². The van der Waals surface area contributed by atoms with Crippen molar-refractivity contribution in [3.05, 3.63) is 23.7 Å². The van der Waals surface area contributed by atoms with Crippen LogP contribution in [-0.2, 0) is 4.79 Å². The van der Waals surface area contributed by atoms with Gasteiger partial charge in [0.05, 0.1) is 11.8 Å². The minimum atomic E-state index is -1.03. The first-order valence-electron chi connectivity index (χ1n) is 5.58. The molecule has 0 aliphatic carbocycles. The number of rotatable bonds is 5. The molecule has 0 aliphatic rings. The third-order valence-electron chi connectivity index (χ3n) is 2.48. The van der Waals surface area contributed by atoms with E-state index in [0.29, 0.717) is 17.7 Å². The first-order chi connectivity index (χ1) is 7.97. The number of carbonyl (C=O) groups is 2. The lowest BCUT2D eigenvalue weighted by Crippen LogP contribution is -2.40. The second kappa shape index (κ2) is 5.52. The second-order valence-electron chi connectivity index (χ2n) is 4.13. The summed E-state index contributed by atoms with van der Waals surface area (Å²) in [6, 6.07) is 0.691. The van der Waals surface area contributed by atoms with Gasteiger partial charge in [0.1, 0.15) is 11.8 Å². The molecule has 0 aliphatic heterocycles. The fraction of sp³-hybridized carbons (Fsp3) is 0.500. The van der Waals surface area contributed by atoms with Gasteiger partial charge in [-0.2, -0.15) is 0 Å². The SMILES string of the molecule is CCC(NC(=O)c1ccoc1C(C)C)C(=O)O. The van der Waals surface area contributed by atoms with Crippen LogP contribution in [0.15, 0.2) is 16.7 Å². The summed E-state index contributed by atoms with van der Waals surface area (Å²) in [7, 11) is 0.